The van der Waals surface area contributed by atoms with Crippen LogP contribution in [0.3, 0.4) is 0 Å². The Bertz CT molecular complexity index is 375. The molecule has 1 aromatic carbocycles. The summed E-state index contributed by atoms with van der Waals surface area (Å²) < 4.78 is 13.1. The maximum Gasteiger partial charge on any atom is 0.123 e. The summed E-state index contributed by atoms with van der Waals surface area (Å²) in [5.41, 5.74) is 1.04. The SMILES string of the molecule is CC(C)C1CCCCC1NCc1cccc(F)c1. The minimum absolute atomic E-state index is 0.140. The summed E-state index contributed by atoms with van der Waals surface area (Å²) in [5, 5.41) is 3.63. The van der Waals surface area contributed by atoms with Crippen LogP contribution in [0.1, 0.15) is 45.1 Å². The smallest absolute Gasteiger partial charge is 0.123 e. The molecule has 2 atom stereocenters. The normalized spacial score (nSPS) is 24.4. The fourth-order valence-corrected chi connectivity index (χ4v) is 3.11. The van der Waals surface area contributed by atoms with Gasteiger partial charge in [-0.05, 0) is 42.4 Å². The van der Waals surface area contributed by atoms with E-state index >= 15 is 0 Å². The predicted molar refractivity (Wildman–Crippen MR) is 73.8 cm³/mol. The lowest BCUT2D eigenvalue weighted by atomic mass is 9.78. The highest BCUT2D eigenvalue weighted by Gasteiger charge is 2.26. The standard InChI is InChI=1S/C16H24FN/c1-12(2)15-8-3-4-9-16(15)18-11-13-6-5-7-14(17)10-13/h5-7,10,12,15-16,18H,3-4,8-9,11H2,1-2H3. The van der Waals surface area contributed by atoms with Crippen LogP contribution < -0.4 is 5.32 Å². The summed E-state index contributed by atoms with van der Waals surface area (Å²) in [4.78, 5) is 0. The van der Waals surface area contributed by atoms with Gasteiger partial charge in [-0.15, -0.1) is 0 Å². The van der Waals surface area contributed by atoms with Gasteiger partial charge in [0.2, 0.25) is 0 Å². The predicted octanol–water partition coefficient (Wildman–Crippen LogP) is 4.13. The second-order valence-electron chi connectivity index (χ2n) is 5.81. The average molecular weight is 249 g/mol. The van der Waals surface area contributed by atoms with Crippen molar-refractivity contribution >= 4 is 0 Å². The van der Waals surface area contributed by atoms with Gasteiger partial charge in [-0.1, -0.05) is 38.8 Å². The Balaban J connectivity index is 1.91. The van der Waals surface area contributed by atoms with Crippen molar-refractivity contribution in [3.8, 4) is 0 Å². The van der Waals surface area contributed by atoms with E-state index in [4.69, 9.17) is 0 Å². The molecule has 1 aliphatic rings. The third kappa shape index (κ3) is 3.55. The van der Waals surface area contributed by atoms with Gasteiger partial charge in [-0.25, -0.2) is 4.39 Å². The van der Waals surface area contributed by atoms with Crippen molar-refractivity contribution in [2.75, 3.05) is 0 Å². The summed E-state index contributed by atoms with van der Waals surface area (Å²) in [7, 11) is 0. The Morgan fingerprint density at radius 1 is 1.28 bits per heavy atom. The second-order valence-corrected chi connectivity index (χ2v) is 5.81. The molecule has 1 fully saturated rings. The molecule has 0 saturated heterocycles. The highest BCUT2D eigenvalue weighted by atomic mass is 19.1. The molecule has 100 valence electrons. The van der Waals surface area contributed by atoms with Crippen LogP contribution in [-0.4, -0.2) is 6.04 Å². The van der Waals surface area contributed by atoms with Crippen molar-refractivity contribution in [2.45, 2.75) is 52.1 Å². The number of halogens is 1. The van der Waals surface area contributed by atoms with Gasteiger partial charge < -0.3 is 5.32 Å². The largest absolute Gasteiger partial charge is 0.310 e. The molecule has 0 radical (unpaired) electrons. The Hall–Kier alpha value is -0.890. The molecule has 1 aliphatic carbocycles. The maximum atomic E-state index is 13.1. The van der Waals surface area contributed by atoms with E-state index in [1.54, 1.807) is 12.1 Å². The number of benzene rings is 1. The lowest BCUT2D eigenvalue weighted by molar-refractivity contribution is 0.204. The highest BCUT2D eigenvalue weighted by molar-refractivity contribution is 5.16. The van der Waals surface area contributed by atoms with E-state index in [1.807, 2.05) is 6.07 Å². The van der Waals surface area contributed by atoms with Crippen LogP contribution in [0.15, 0.2) is 24.3 Å². The number of nitrogens with one attached hydrogen (secondary N) is 1. The summed E-state index contributed by atoms with van der Waals surface area (Å²) in [5.74, 6) is 1.36. The van der Waals surface area contributed by atoms with Crippen molar-refractivity contribution in [1.29, 1.82) is 0 Å². The molecule has 0 amide bonds. The first kappa shape index (κ1) is 13.5. The molecule has 0 spiro atoms. The number of hydrogen-bond donors (Lipinski definition) is 1. The molecule has 1 saturated carbocycles. The van der Waals surface area contributed by atoms with Crippen LogP contribution >= 0.6 is 0 Å². The Labute approximate surface area is 110 Å². The van der Waals surface area contributed by atoms with Gasteiger partial charge in [0.25, 0.3) is 0 Å². The third-order valence-electron chi connectivity index (χ3n) is 4.13. The first-order chi connectivity index (χ1) is 8.66. The summed E-state index contributed by atoms with van der Waals surface area (Å²) in [6.45, 7) is 5.41. The molecule has 0 aromatic heterocycles. The minimum Gasteiger partial charge on any atom is -0.310 e. The van der Waals surface area contributed by atoms with Gasteiger partial charge in [-0.3, -0.25) is 0 Å². The quantitative estimate of drug-likeness (QED) is 0.846. The van der Waals surface area contributed by atoms with E-state index < -0.39 is 0 Å². The van der Waals surface area contributed by atoms with E-state index in [0.29, 0.717) is 6.04 Å². The van der Waals surface area contributed by atoms with Crippen molar-refractivity contribution < 1.29 is 4.39 Å². The number of hydrogen-bond acceptors (Lipinski definition) is 1. The van der Waals surface area contributed by atoms with Gasteiger partial charge in [0, 0.05) is 12.6 Å². The topological polar surface area (TPSA) is 12.0 Å². The van der Waals surface area contributed by atoms with E-state index in [1.165, 1.54) is 31.7 Å². The van der Waals surface area contributed by atoms with E-state index in [9.17, 15) is 4.39 Å². The maximum absolute atomic E-state index is 13.1. The van der Waals surface area contributed by atoms with Crippen LogP contribution in [0.25, 0.3) is 0 Å². The van der Waals surface area contributed by atoms with Gasteiger partial charge in [0.15, 0.2) is 0 Å². The summed E-state index contributed by atoms with van der Waals surface area (Å²) in [6, 6.07) is 7.50. The lowest BCUT2D eigenvalue weighted by Crippen LogP contribution is -2.40. The van der Waals surface area contributed by atoms with E-state index in [2.05, 4.69) is 19.2 Å². The first-order valence-electron chi connectivity index (χ1n) is 7.14. The highest BCUT2D eigenvalue weighted by Crippen LogP contribution is 2.30. The fourth-order valence-electron chi connectivity index (χ4n) is 3.11. The molecule has 0 bridgehead atoms. The van der Waals surface area contributed by atoms with Gasteiger partial charge in [0.05, 0.1) is 0 Å². The van der Waals surface area contributed by atoms with Crippen molar-refractivity contribution in [3.63, 3.8) is 0 Å². The molecule has 1 nitrogen and oxygen atoms in total. The molecule has 1 aromatic rings. The minimum atomic E-state index is -0.140. The molecule has 2 heteroatoms. The molecule has 2 unspecified atom stereocenters. The van der Waals surface area contributed by atoms with Crippen molar-refractivity contribution in [2.24, 2.45) is 11.8 Å². The molecule has 1 N–H and O–H groups in total. The Kier molecular flexibility index (Phi) is 4.76. The molecule has 18 heavy (non-hydrogen) atoms. The monoisotopic (exact) mass is 249 g/mol. The molecule has 0 heterocycles. The third-order valence-corrected chi connectivity index (χ3v) is 4.13. The second kappa shape index (κ2) is 6.33. The Morgan fingerprint density at radius 3 is 2.78 bits per heavy atom. The van der Waals surface area contributed by atoms with Crippen LogP contribution in [0.5, 0.6) is 0 Å². The van der Waals surface area contributed by atoms with Crippen LogP contribution in [0, 0.1) is 17.7 Å². The summed E-state index contributed by atoms with van der Waals surface area (Å²) in [6.07, 6.45) is 5.28. The molecular formula is C16H24FN. The zero-order chi connectivity index (χ0) is 13.0. The van der Waals surface area contributed by atoms with Crippen molar-refractivity contribution in [1.82, 2.24) is 5.32 Å². The van der Waals surface area contributed by atoms with Crippen molar-refractivity contribution in [3.05, 3.63) is 35.6 Å². The fraction of sp³-hybridized carbons (Fsp3) is 0.625. The summed E-state index contributed by atoms with van der Waals surface area (Å²) >= 11 is 0. The molecule has 2 rings (SSSR count). The number of rotatable bonds is 4. The first-order valence-corrected chi connectivity index (χ1v) is 7.14. The zero-order valence-electron chi connectivity index (χ0n) is 11.5. The Morgan fingerprint density at radius 2 is 2.06 bits per heavy atom. The van der Waals surface area contributed by atoms with E-state index in [0.717, 1.165) is 23.9 Å². The van der Waals surface area contributed by atoms with E-state index in [-0.39, 0.29) is 5.82 Å². The van der Waals surface area contributed by atoms with Crippen LogP contribution in [0.4, 0.5) is 4.39 Å². The molecule has 0 aliphatic heterocycles. The van der Waals surface area contributed by atoms with Gasteiger partial charge in [0.1, 0.15) is 5.82 Å². The van der Waals surface area contributed by atoms with Gasteiger partial charge in [-0.2, -0.15) is 0 Å². The van der Waals surface area contributed by atoms with Crippen LogP contribution in [0.2, 0.25) is 0 Å². The average Bonchev–Trinajstić information content (AvgIpc) is 2.37. The van der Waals surface area contributed by atoms with Crippen LogP contribution in [-0.2, 0) is 6.54 Å². The lowest BCUT2D eigenvalue weighted by Gasteiger charge is -2.35. The van der Waals surface area contributed by atoms with Gasteiger partial charge >= 0.3 is 0 Å². The zero-order valence-corrected chi connectivity index (χ0v) is 11.5. The molecular weight excluding hydrogens is 225 g/mol.